The van der Waals surface area contributed by atoms with Crippen LogP contribution < -0.4 is 0 Å². The normalized spacial score (nSPS) is 29.9. The van der Waals surface area contributed by atoms with E-state index in [0.29, 0.717) is 18.8 Å². The van der Waals surface area contributed by atoms with E-state index in [1.165, 1.54) is 0 Å². The molecule has 17 heavy (non-hydrogen) atoms. The average molecular weight is 254 g/mol. The van der Waals surface area contributed by atoms with Crippen molar-refractivity contribution in [2.75, 3.05) is 6.61 Å². The summed E-state index contributed by atoms with van der Waals surface area (Å²) in [7, 11) is 0. The van der Waals surface area contributed by atoms with Crippen LogP contribution in [0.4, 0.5) is 13.2 Å². The highest BCUT2D eigenvalue weighted by molar-refractivity contribution is 5.71. The van der Waals surface area contributed by atoms with E-state index in [1.54, 1.807) is 0 Å². The maximum atomic E-state index is 12.6. The van der Waals surface area contributed by atoms with Crippen LogP contribution in [0.5, 0.6) is 0 Å². The van der Waals surface area contributed by atoms with Crippen molar-refractivity contribution >= 4 is 5.97 Å². The minimum Gasteiger partial charge on any atom is -0.481 e. The van der Waals surface area contributed by atoms with Crippen LogP contribution in [0.1, 0.15) is 26.7 Å². The van der Waals surface area contributed by atoms with E-state index in [0.717, 1.165) is 0 Å². The van der Waals surface area contributed by atoms with Crippen molar-refractivity contribution in [1.29, 1.82) is 0 Å². The fourth-order valence-corrected chi connectivity index (χ4v) is 2.08. The average Bonchev–Trinajstić information content (AvgIpc) is 2.57. The summed E-state index contributed by atoms with van der Waals surface area (Å²) in [4.78, 5) is 10.9. The summed E-state index contributed by atoms with van der Waals surface area (Å²) < 4.78 is 42.8. The molecule has 0 aromatic rings. The quantitative estimate of drug-likeness (QED) is 0.839. The van der Waals surface area contributed by atoms with E-state index in [1.807, 2.05) is 13.8 Å². The van der Waals surface area contributed by atoms with Crippen molar-refractivity contribution in [2.45, 2.75) is 39.0 Å². The van der Waals surface area contributed by atoms with Gasteiger partial charge in [0, 0.05) is 0 Å². The van der Waals surface area contributed by atoms with Gasteiger partial charge in [-0.3, -0.25) is 4.79 Å². The zero-order chi connectivity index (χ0) is 13.2. The van der Waals surface area contributed by atoms with E-state index in [2.05, 4.69) is 0 Å². The van der Waals surface area contributed by atoms with Crippen molar-refractivity contribution in [3.05, 3.63) is 0 Å². The third-order valence-corrected chi connectivity index (χ3v) is 3.06. The second kappa shape index (κ2) is 5.25. The molecule has 1 fully saturated rings. The molecule has 1 N–H and O–H groups in total. The minimum absolute atomic E-state index is 0.318. The van der Waals surface area contributed by atoms with Gasteiger partial charge in [-0.05, 0) is 18.8 Å². The molecule has 1 aliphatic heterocycles. The van der Waals surface area contributed by atoms with Gasteiger partial charge < -0.3 is 9.84 Å². The molecule has 1 aliphatic rings. The van der Waals surface area contributed by atoms with Gasteiger partial charge in [0.05, 0.1) is 24.5 Å². The van der Waals surface area contributed by atoms with Crippen LogP contribution in [0, 0.1) is 17.8 Å². The molecular formula is C11H17F3O3. The molecule has 0 radical (unpaired) electrons. The molecule has 100 valence electrons. The van der Waals surface area contributed by atoms with Gasteiger partial charge in [-0.2, -0.15) is 13.2 Å². The van der Waals surface area contributed by atoms with Crippen LogP contribution in [0.25, 0.3) is 0 Å². The maximum absolute atomic E-state index is 12.6. The molecule has 1 saturated heterocycles. The fourth-order valence-electron chi connectivity index (χ4n) is 2.08. The Morgan fingerprint density at radius 3 is 2.47 bits per heavy atom. The number of carbonyl (C=O) groups is 1. The first kappa shape index (κ1) is 14.3. The Morgan fingerprint density at radius 2 is 2.06 bits per heavy atom. The van der Waals surface area contributed by atoms with Gasteiger partial charge in [-0.15, -0.1) is 0 Å². The molecule has 3 nitrogen and oxygen atoms in total. The minimum atomic E-state index is -4.50. The van der Waals surface area contributed by atoms with Crippen LogP contribution >= 0.6 is 0 Å². The molecule has 0 aromatic carbocycles. The molecule has 0 aromatic heterocycles. The lowest BCUT2D eigenvalue weighted by Gasteiger charge is -2.21. The van der Waals surface area contributed by atoms with Crippen molar-refractivity contribution in [1.82, 2.24) is 0 Å². The largest absolute Gasteiger partial charge is 0.481 e. The molecule has 0 spiro atoms. The Bertz CT molecular complexity index is 276. The monoisotopic (exact) mass is 254 g/mol. The van der Waals surface area contributed by atoms with Crippen molar-refractivity contribution in [2.24, 2.45) is 17.8 Å². The maximum Gasteiger partial charge on any atom is 0.394 e. The lowest BCUT2D eigenvalue weighted by atomic mass is 9.87. The second-order valence-electron chi connectivity index (χ2n) is 4.86. The number of carboxylic acid groups (broad SMARTS) is 1. The van der Waals surface area contributed by atoms with Gasteiger partial charge in [0.15, 0.2) is 0 Å². The van der Waals surface area contributed by atoms with Crippen LogP contribution in [-0.4, -0.2) is 30.0 Å². The summed E-state index contributed by atoms with van der Waals surface area (Å²) >= 11 is 0. The van der Waals surface area contributed by atoms with Crippen molar-refractivity contribution in [3.63, 3.8) is 0 Å². The fraction of sp³-hybridized carbons (Fsp3) is 0.909. The predicted molar refractivity (Wildman–Crippen MR) is 54.5 cm³/mol. The second-order valence-corrected chi connectivity index (χ2v) is 4.86. The Balaban J connectivity index is 2.71. The third-order valence-electron chi connectivity index (χ3n) is 3.06. The number of hydrogen-bond acceptors (Lipinski definition) is 2. The zero-order valence-corrected chi connectivity index (χ0v) is 9.83. The van der Waals surface area contributed by atoms with E-state index in [-0.39, 0.29) is 0 Å². The van der Waals surface area contributed by atoms with Crippen LogP contribution in [0.2, 0.25) is 0 Å². The number of hydrogen-bond donors (Lipinski definition) is 1. The number of halogens is 3. The van der Waals surface area contributed by atoms with Crippen LogP contribution in [-0.2, 0) is 9.53 Å². The molecule has 0 aliphatic carbocycles. The van der Waals surface area contributed by atoms with Gasteiger partial charge in [-0.25, -0.2) is 0 Å². The lowest BCUT2D eigenvalue weighted by Crippen LogP contribution is -2.36. The summed E-state index contributed by atoms with van der Waals surface area (Å²) in [5.41, 5.74) is 0. The van der Waals surface area contributed by atoms with E-state index < -0.39 is 36.7 Å². The van der Waals surface area contributed by atoms with E-state index in [4.69, 9.17) is 9.84 Å². The topological polar surface area (TPSA) is 46.5 Å². The van der Waals surface area contributed by atoms with Gasteiger partial charge in [-0.1, -0.05) is 13.8 Å². The molecule has 1 heterocycles. The highest BCUT2D eigenvalue weighted by atomic mass is 19.4. The Hall–Kier alpha value is -0.780. The Labute approximate surface area is 97.9 Å². The number of alkyl halides is 3. The standard InChI is InChI=1S/C11H17F3O3/c1-6(2)3-4-8-9(10(15)16)7(5-17-8)11(12,13)14/h6-9H,3-5H2,1-2H3,(H,15,16)/t7-,8-,9+/m1/s1. The molecule has 6 heteroatoms. The molecule has 0 saturated carbocycles. The predicted octanol–water partition coefficient (Wildman–Crippen LogP) is 2.70. The Morgan fingerprint density at radius 1 is 1.47 bits per heavy atom. The molecule has 0 amide bonds. The molecule has 0 bridgehead atoms. The van der Waals surface area contributed by atoms with Gasteiger partial charge >= 0.3 is 12.1 Å². The highest BCUT2D eigenvalue weighted by Crippen LogP contribution is 2.41. The van der Waals surface area contributed by atoms with Crippen molar-refractivity contribution < 1.29 is 27.8 Å². The van der Waals surface area contributed by atoms with Gasteiger partial charge in [0.1, 0.15) is 0 Å². The number of rotatable bonds is 4. The first-order valence-electron chi connectivity index (χ1n) is 5.64. The smallest absolute Gasteiger partial charge is 0.394 e. The molecular weight excluding hydrogens is 237 g/mol. The first-order chi connectivity index (χ1) is 7.73. The van der Waals surface area contributed by atoms with E-state index >= 15 is 0 Å². The number of carboxylic acids is 1. The van der Waals surface area contributed by atoms with Gasteiger partial charge in [0.2, 0.25) is 0 Å². The van der Waals surface area contributed by atoms with E-state index in [9.17, 15) is 18.0 Å². The summed E-state index contributed by atoms with van der Waals surface area (Å²) in [6.45, 7) is 3.33. The molecule has 0 unspecified atom stereocenters. The summed E-state index contributed by atoms with van der Waals surface area (Å²) in [5, 5.41) is 8.90. The first-order valence-corrected chi connectivity index (χ1v) is 5.64. The SMILES string of the molecule is CC(C)CC[C@H]1OC[C@@H](C(F)(F)F)[C@@H]1C(=O)O. The van der Waals surface area contributed by atoms with Crippen LogP contribution in [0.3, 0.4) is 0 Å². The molecule has 3 atom stereocenters. The third kappa shape index (κ3) is 3.59. The van der Waals surface area contributed by atoms with Crippen molar-refractivity contribution in [3.8, 4) is 0 Å². The Kier molecular flexibility index (Phi) is 4.41. The van der Waals surface area contributed by atoms with Crippen LogP contribution in [0.15, 0.2) is 0 Å². The number of ether oxygens (including phenoxy) is 1. The lowest BCUT2D eigenvalue weighted by molar-refractivity contribution is -0.190. The summed E-state index contributed by atoms with van der Waals surface area (Å²) in [5.74, 6) is -4.44. The molecule has 1 rings (SSSR count). The number of aliphatic carboxylic acids is 1. The highest BCUT2D eigenvalue weighted by Gasteiger charge is 2.54. The van der Waals surface area contributed by atoms with Gasteiger partial charge in [0.25, 0.3) is 0 Å². The summed E-state index contributed by atoms with van der Waals surface area (Å²) in [6.07, 6.45) is -4.29. The summed E-state index contributed by atoms with van der Waals surface area (Å²) in [6, 6.07) is 0. The zero-order valence-electron chi connectivity index (χ0n) is 9.83.